The van der Waals surface area contributed by atoms with Gasteiger partial charge in [-0.25, -0.2) is 4.79 Å². The number of carbonyl (C=O) groups excluding carboxylic acids is 1. The molecule has 122 valence electrons. The van der Waals surface area contributed by atoms with Crippen LogP contribution >= 0.6 is 0 Å². The third kappa shape index (κ3) is 3.87. The molecule has 1 aliphatic rings. The molecule has 6 atom stereocenters. The second-order valence-corrected chi connectivity index (χ2v) is 4.91. The first-order chi connectivity index (χ1) is 9.62. The van der Waals surface area contributed by atoms with Crippen molar-refractivity contribution in [1.82, 2.24) is 5.32 Å². The van der Waals surface area contributed by atoms with E-state index in [1.54, 1.807) is 0 Å². The molecular formula is C11H19NO9. The van der Waals surface area contributed by atoms with Crippen LogP contribution in [0.5, 0.6) is 0 Å². The first-order valence-corrected chi connectivity index (χ1v) is 6.18. The molecule has 0 aromatic heterocycles. The Bertz CT molecular complexity index is 403. The van der Waals surface area contributed by atoms with E-state index in [1.165, 1.54) is 0 Å². The Kier molecular flexibility index (Phi) is 5.61. The zero-order valence-electron chi connectivity index (χ0n) is 11.2. The van der Waals surface area contributed by atoms with Gasteiger partial charge >= 0.3 is 5.97 Å². The number of nitrogens with one attached hydrogen (secondary N) is 1. The number of rotatable bonds is 5. The maximum absolute atomic E-state index is 11.1. The lowest BCUT2D eigenvalue weighted by molar-refractivity contribution is -0.295. The predicted molar refractivity (Wildman–Crippen MR) is 64.8 cm³/mol. The summed E-state index contributed by atoms with van der Waals surface area (Å²) < 4.78 is 4.86. The molecule has 1 rings (SSSR count). The predicted octanol–water partition coefficient (Wildman–Crippen LogP) is -3.87. The number of aliphatic carboxylic acids is 1. The largest absolute Gasteiger partial charge is 0.477 e. The van der Waals surface area contributed by atoms with Crippen molar-refractivity contribution in [2.75, 3.05) is 6.61 Å². The van der Waals surface area contributed by atoms with E-state index in [-0.39, 0.29) is 0 Å². The molecule has 10 heteroatoms. The molecule has 7 N–H and O–H groups in total. The Morgan fingerprint density at radius 3 is 2.43 bits per heavy atom. The molecule has 1 heterocycles. The van der Waals surface area contributed by atoms with Crippen molar-refractivity contribution in [3.63, 3.8) is 0 Å². The highest BCUT2D eigenvalue weighted by molar-refractivity contribution is 5.76. The Labute approximate surface area is 119 Å². The standard InChI is InChI=1S/C11H19NO9/c1-4(14)12-7-5(15)2-11(20,10(18)19)21-9(7)8(17)6(16)3-13/h5-9,13,15-17,20H,2-3H2,1H3,(H,12,14)(H,18,19)/t5-,6+,7+,8+,9+,11-/m0/s1/i2+1,4+1,11+1. The van der Waals surface area contributed by atoms with Crippen LogP contribution in [0.1, 0.15) is 13.3 Å². The van der Waals surface area contributed by atoms with E-state index in [2.05, 4.69) is 5.32 Å². The monoisotopic (exact) mass is 312 g/mol. The van der Waals surface area contributed by atoms with Crippen molar-refractivity contribution >= 4 is 11.9 Å². The molecule has 1 aliphatic heterocycles. The lowest BCUT2D eigenvalue weighted by atomic mass is 9.98. The van der Waals surface area contributed by atoms with Crippen LogP contribution in [-0.4, -0.2) is 85.4 Å². The second-order valence-electron chi connectivity index (χ2n) is 4.91. The summed E-state index contributed by atoms with van der Waals surface area (Å²) in [5.74, 6) is -5.17. The summed E-state index contributed by atoms with van der Waals surface area (Å²) in [7, 11) is 0. The molecule has 21 heavy (non-hydrogen) atoms. The Morgan fingerprint density at radius 1 is 1.43 bits per heavy atom. The minimum atomic E-state index is -2.78. The molecule has 10 nitrogen and oxygen atoms in total. The zero-order valence-corrected chi connectivity index (χ0v) is 11.2. The van der Waals surface area contributed by atoms with Crippen LogP contribution in [0.3, 0.4) is 0 Å². The van der Waals surface area contributed by atoms with E-state index in [9.17, 15) is 30.0 Å². The minimum absolute atomic E-state index is 0.598. The Hall–Kier alpha value is -1.30. The number of ether oxygens (including phenoxy) is 1. The summed E-state index contributed by atoms with van der Waals surface area (Å²) in [6.45, 7) is 0.256. The number of carbonyl (C=O) groups is 2. The molecule has 1 fully saturated rings. The highest BCUT2D eigenvalue weighted by Crippen LogP contribution is 2.30. The molecule has 0 aromatic carbocycles. The van der Waals surface area contributed by atoms with Crippen molar-refractivity contribution in [1.29, 1.82) is 0 Å². The van der Waals surface area contributed by atoms with Crippen LogP contribution in [0.4, 0.5) is 0 Å². The molecule has 0 saturated carbocycles. The van der Waals surface area contributed by atoms with E-state index in [4.69, 9.17) is 14.9 Å². The summed E-state index contributed by atoms with van der Waals surface area (Å²) in [5, 5.41) is 59.0. The molecule has 0 spiro atoms. The van der Waals surface area contributed by atoms with Crippen LogP contribution in [-0.2, 0) is 14.3 Å². The summed E-state index contributed by atoms with van der Waals surface area (Å²) in [4.78, 5) is 22.1. The van der Waals surface area contributed by atoms with Gasteiger partial charge in [-0.15, -0.1) is 0 Å². The highest BCUT2D eigenvalue weighted by Gasteiger charge is 2.53. The number of carboxylic acids is 1. The average Bonchev–Trinajstić information content (AvgIpc) is 2.39. The van der Waals surface area contributed by atoms with E-state index >= 15 is 0 Å². The van der Waals surface area contributed by atoms with E-state index in [0.29, 0.717) is 0 Å². The highest BCUT2D eigenvalue weighted by atomic mass is 16.8. The van der Waals surface area contributed by atoms with Crippen LogP contribution in [0, 0.1) is 0 Å². The summed E-state index contributed by atoms with van der Waals surface area (Å²) in [6.07, 6.45) is -7.48. The van der Waals surface area contributed by atoms with Crippen LogP contribution in [0.25, 0.3) is 0 Å². The van der Waals surface area contributed by atoms with E-state index in [1.807, 2.05) is 0 Å². The average molecular weight is 312 g/mol. The molecular weight excluding hydrogens is 293 g/mol. The number of amides is 1. The van der Waals surface area contributed by atoms with Crippen molar-refractivity contribution in [3.8, 4) is 0 Å². The van der Waals surface area contributed by atoms with Gasteiger partial charge in [-0.3, -0.25) is 4.79 Å². The third-order valence-electron chi connectivity index (χ3n) is 3.21. The Balaban J connectivity index is 3.07. The van der Waals surface area contributed by atoms with Gasteiger partial charge in [-0.2, -0.15) is 0 Å². The first kappa shape index (κ1) is 17.8. The van der Waals surface area contributed by atoms with E-state index in [0.717, 1.165) is 6.92 Å². The van der Waals surface area contributed by atoms with Gasteiger partial charge in [0, 0.05) is 13.3 Å². The summed E-state index contributed by atoms with van der Waals surface area (Å²) in [6, 6.07) is -1.27. The van der Waals surface area contributed by atoms with Gasteiger partial charge in [0.25, 0.3) is 5.79 Å². The lowest BCUT2D eigenvalue weighted by Gasteiger charge is -2.44. The quantitative estimate of drug-likeness (QED) is 0.250. The maximum atomic E-state index is 11.1. The fraction of sp³-hybridized carbons (Fsp3) is 0.818. The van der Waals surface area contributed by atoms with Crippen molar-refractivity contribution in [3.05, 3.63) is 0 Å². The SMILES string of the molecule is C[13C](=O)N[C@H]1[C@H]([C@H](O)[C@H](O)CO)O[13C@](O)(C(=O)O)[13CH2][C@@H]1O. The number of aliphatic hydroxyl groups excluding tert-OH is 4. The Morgan fingerprint density at radius 2 is 2.00 bits per heavy atom. The molecule has 0 unspecified atom stereocenters. The summed E-state index contributed by atoms with van der Waals surface area (Å²) in [5.41, 5.74) is 0. The fourth-order valence-corrected chi connectivity index (χ4v) is 2.14. The van der Waals surface area contributed by atoms with Gasteiger partial charge in [0.1, 0.15) is 18.3 Å². The van der Waals surface area contributed by atoms with E-state index < -0.39 is 61.1 Å². The fourth-order valence-electron chi connectivity index (χ4n) is 2.14. The molecule has 0 aromatic rings. The normalized spacial score (nSPS) is 35.8. The van der Waals surface area contributed by atoms with Crippen molar-refractivity contribution < 1.29 is 45.0 Å². The molecule has 0 radical (unpaired) electrons. The van der Waals surface area contributed by atoms with Gasteiger partial charge in [0.2, 0.25) is 5.91 Å². The number of hydrogen-bond donors (Lipinski definition) is 7. The topological polar surface area (TPSA) is 177 Å². The minimum Gasteiger partial charge on any atom is -0.477 e. The van der Waals surface area contributed by atoms with Gasteiger partial charge in [0.05, 0.1) is 18.8 Å². The lowest BCUT2D eigenvalue weighted by Crippen LogP contribution is -2.67. The zero-order chi connectivity index (χ0) is 16.4. The molecule has 1 saturated heterocycles. The molecule has 0 bridgehead atoms. The van der Waals surface area contributed by atoms with Gasteiger partial charge in [-0.1, -0.05) is 0 Å². The van der Waals surface area contributed by atoms with Crippen molar-refractivity contribution in [2.24, 2.45) is 0 Å². The third-order valence-corrected chi connectivity index (χ3v) is 3.21. The smallest absolute Gasteiger partial charge is 0.364 e. The van der Waals surface area contributed by atoms with Crippen LogP contribution in [0.15, 0.2) is 0 Å². The number of hydrogen-bond acceptors (Lipinski definition) is 8. The molecule has 1 amide bonds. The molecule has 0 aliphatic carbocycles. The van der Waals surface area contributed by atoms with Crippen LogP contribution < -0.4 is 5.32 Å². The van der Waals surface area contributed by atoms with Crippen molar-refractivity contribution in [2.45, 2.75) is 49.6 Å². The number of carboxylic acid groups (broad SMARTS) is 1. The van der Waals surface area contributed by atoms with Gasteiger partial charge < -0.3 is 40.7 Å². The van der Waals surface area contributed by atoms with Crippen LogP contribution in [0.2, 0.25) is 0 Å². The summed E-state index contributed by atoms with van der Waals surface area (Å²) >= 11 is 0. The second kappa shape index (κ2) is 6.64. The maximum Gasteiger partial charge on any atom is 0.364 e. The van der Waals surface area contributed by atoms with Gasteiger partial charge in [0.15, 0.2) is 0 Å². The number of aliphatic hydroxyl groups is 5. The van der Waals surface area contributed by atoms with Gasteiger partial charge in [-0.05, 0) is 0 Å². The first-order valence-electron chi connectivity index (χ1n) is 6.18.